The fraction of sp³-hybridized carbons (Fsp3) is 0.400. The van der Waals surface area contributed by atoms with Gasteiger partial charge in [0.2, 0.25) is 0 Å². The molecule has 3 aromatic rings. The number of hydrogen-bond acceptors (Lipinski definition) is 5. The lowest BCUT2D eigenvalue weighted by Crippen LogP contribution is -2.14. The van der Waals surface area contributed by atoms with Crippen LogP contribution in [0, 0.1) is 23.2 Å². The third-order valence-electron chi connectivity index (χ3n) is 5.70. The molecule has 2 aromatic heterocycles. The Balaban J connectivity index is 1.61. The minimum atomic E-state index is -0.151. The van der Waals surface area contributed by atoms with Gasteiger partial charge in [-0.1, -0.05) is 32.9 Å². The van der Waals surface area contributed by atoms with Gasteiger partial charge in [0.25, 0.3) is 5.56 Å². The number of nitriles is 1. The van der Waals surface area contributed by atoms with Crippen LogP contribution >= 0.6 is 11.3 Å². The zero-order valence-corrected chi connectivity index (χ0v) is 19.0. The van der Waals surface area contributed by atoms with Gasteiger partial charge in [-0.05, 0) is 66.9 Å². The van der Waals surface area contributed by atoms with E-state index in [1.165, 1.54) is 4.88 Å². The van der Waals surface area contributed by atoms with Gasteiger partial charge < -0.3 is 9.72 Å². The molecule has 0 aliphatic heterocycles. The third-order valence-corrected chi connectivity index (χ3v) is 6.84. The molecule has 0 fully saturated rings. The van der Waals surface area contributed by atoms with E-state index in [0.29, 0.717) is 35.2 Å². The number of hydrogen-bond donors (Lipinski definition) is 1. The number of allylic oxidation sites excluding steroid dienone is 1. The largest absolute Gasteiger partial charge is 0.494 e. The van der Waals surface area contributed by atoms with Crippen molar-refractivity contribution in [1.29, 1.82) is 5.26 Å². The van der Waals surface area contributed by atoms with Gasteiger partial charge in [0, 0.05) is 4.88 Å². The van der Waals surface area contributed by atoms with Gasteiger partial charge in [-0.25, -0.2) is 4.98 Å². The summed E-state index contributed by atoms with van der Waals surface area (Å²) in [6.07, 6.45) is 5.77. The second kappa shape index (κ2) is 9.07. The van der Waals surface area contributed by atoms with E-state index in [-0.39, 0.29) is 5.56 Å². The van der Waals surface area contributed by atoms with Crippen molar-refractivity contribution in [2.45, 2.75) is 46.5 Å². The van der Waals surface area contributed by atoms with Crippen molar-refractivity contribution in [2.24, 2.45) is 11.8 Å². The molecule has 1 aromatic carbocycles. The number of aromatic nitrogens is 2. The topological polar surface area (TPSA) is 78.8 Å². The summed E-state index contributed by atoms with van der Waals surface area (Å²) in [5.74, 6) is 2.36. The Hall–Kier alpha value is -2.91. The van der Waals surface area contributed by atoms with Gasteiger partial charge in [-0.2, -0.15) is 5.26 Å². The van der Waals surface area contributed by atoms with E-state index in [2.05, 4.69) is 36.8 Å². The van der Waals surface area contributed by atoms with E-state index in [0.717, 1.165) is 47.4 Å². The number of aromatic amines is 1. The number of nitrogens with one attached hydrogen (secondary N) is 1. The first-order valence-electron chi connectivity index (χ1n) is 10.8. The highest BCUT2D eigenvalue weighted by atomic mass is 32.1. The molecule has 0 saturated heterocycles. The van der Waals surface area contributed by atoms with Crippen LogP contribution in [0.2, 0.25) is 0 Å². The number of nitrogens with zero attached hydrogens (tertiary/aromatic N) is 2. The molecule has 0 spiro atoms. The summed E-state index contributed by atoms with van der Waals surface area (Å²) in [6, 6.07) is 9.80. The van der Waals surface area contributed by atoms with E-state index < -0.39 is 0 Å². The smallest absolute Gasteiger partial charge is 0.260 e. The number of H-pyrrole nitrogens is 1. The summed E-state index contributed by atoms with van der Waals surface area (Å²) in [7, 11) is 0. The van der Waals surface area contributed by atoms with Crippen molar-refractivity contribution < 1.29 is 4.74 Å². The molecule has 5 nitrogen and oxygen atoms in total. The van der Waals surface area contributed by atoms with Crippen LogP contribution < -0.4 is 10.3 Å². The fourth-order valence-electron chi connectivity index (χ4n) is 3.87. The molecule has 4 rings (SSSR count). The molecule has 0 saturated carbocycles. The van der Waals surface area contributed by atoms with Gasteiger partial charge in [0.15, 0.2) is 5.82 Å². The predicted molar refractivity (Wildman–Crippen MR) is 126 cm³/mol. The molecule has 1 aliphatic carbocycles. The number of aryl methyl sites for hydroxylation is 1. The maximum Gasteiger partial charge on any atom is 0.260 e. The number of fused-ring (bicyclic) bond motifs is 3. The molecule has 31 heavy (non-hydrogen) atoms. The summed E-state index contributed by atoms with van der Waals surface area (Å²) in [5.41, 5.74) is 2.19. The van der Waals surface area contributed by atoms with Gasteiger partial charge >= 0.3 is 0 Å². The molecule has 0 bridgehead atoms. The molecule has 0 radical (unpaired) electrons. The van der Waals surface area contributed by atoms with Crippen molar-refractivity contribution >= 4 is 33.2 Å². The SMILES string of the molecule is CC(C)CCOc1ccc(/C=C(/C#N)c2nc3sc4c(c3c(=O)[nH]2)CC[C@H](C)C4)cc1. The van der Waals surface area contributed by atoms with Gasteiger partial charge in [-0.15, -0.1) is 11.3 Å². The Morgan fingerprint density at radius 1 is 1.39 bits per heavy atom. The lowest BCUT2D eigenvalue weighted by molar-refractivity contribution is 0.289. The normalized spacial score (nSPS) is 16.4. The van der Waals surface area contributed by atoms with E-state index >= 15 is 0 Å². The van der Waals surface area contributed by atoms with Gasteiger partial charge in [0.05, 0.1) is 17.6 Å². The number of ether oxygens (including phenoxy) is 1. The van der Waals surface area contributed by atoms with Crippen LogP contribution in [0.15, 0.2) is 29.1 Å². The Morgan fingerprint density at radius 2 is 2.16 bits per heavy atom. The van der Waals surface area contributed by atoms with Crippen LogP contribution in [0.4, 0.5) is 0 Å². The second-order valence-electron chi connectivity index (χ2n) is 8.72. The van der Waals surface area contributed by atoms with Crippen molar-refractivity contribution in [1.82, 2.24) is 9.97 Å². The highest BCUT2D eigenvalue weighted by Gasteiger charge is 2.23. The van der Waals surface area contributed by atoms with Crippen molar-refractivity contribution in [3.8, 4) is 11.8 Å². The van der Waals surface area contributed by atoms with Crippen LogP contribution in [0.3, 0.4) is 0 Å². The van der Waals surface area contributed by atoms with Crippen LogP contribution in [-0.4, -0.2) is 16.6 Å². The minimum absolute atomic E-state index is 0.151. The Bertz CT molecular complexity index is 1210. The first-order chi connectivity index (χ1) is 14.9. The van der Waals surface area contributed by atoms with E-state index in [4.69, 9.17) is 4.74 Å². The first kappa shape index (κ1) is 21.3. The third kappa shape index (κ3) is 4.72. The summed E-state index contributed by atoms with van der Waals surface area (Å²) in [6.45, 7) is 7.27. The number of thiophene rings is 1. The Morgan fingerprint density at radius 3 is 2.87 bits per heavy atom. The molecular weight excluding hydrogens is 406 g/mol. The van der Waals surface area contributed by atoms with Crippen LogP contribution in [0.5, 0.6) is 5.75 Å². The summed E-state index contributed by atoms with van der Waals surface area (Å²) in [5, 5.41) is 10.4. The van der Waals surface area contributed by atoms with E-state index in [1.54, 1.807) is 17.4 Å². The maximum absolute atomic E-state index is 12.8. The number of benzene rings is 1. The number of rotatable bonds is 6. The van der Waals surface area contributed by atoms with Crippen LogP contribution in [0.25, 0.3) is 21.9 Å². The van der Waals surface area contributed by atoms with E-state index in [9.17, 15) is 10.1 Å². The Labute approximate surface area is 186 Å². The zero-order chi connectivity index (χ0) is 22.0. The Kier molecular flexibility index (Phi) is 6.24. The molecule has 1 aliphatic rings. The monoisotopic (exact) mass is 433 g/mol. The van der Waals surface area contributed by atoms with Crippen LogP contribution in [-0.2, 0) is 12.8 Å². The highest BCUT2D eigenvalue weighted by molar-refractivity contribution is 7.18. The lowest BCUT2D eigenvalue weighted by Gasteiger charge is -2.17. The van der Waals surface area contributed by atoms with Crippen molar-refractivity contribution in [3.63, 3.8) is 0 Å². The van der Waals surface area contributed by atoms with Gasteiger partial charge in [0.1, 0.15) is 16.6 Å². The summed E-state index contributed by atoms with van der Waals surface area (Å²) in [4.78, 5) is 22.3. The molecule has 160 valence electrons. The van der Waals surface area contributed by atoms with Gasteiger partial charge in [-0.3, -0.25) is 4.79 Å². The molecule has 0 unspecified atom stereocenters. The summed E-state index contributed by atoms with van der Waals surface area (Å²) >= 11 is 1.59. The molecule has 2 heterocycles. The van der Waals surface area contributed by atoms with E-state index in [1.807, 2.05) is 24.3 Å². The molecule has 0 amide bonds. The lowest BCUT2D eigenvalue weighted by atomic mass is 9.89. The average molecular weight is 434 g/mol. The zero-order valence-electron chi connectivity index (χ0n) is 18.2. The molecule has 6 heteroatoms. The van der Waals surface area contributed by atoms with Crippen molar-refractivity contribution in [2.75, 3.05) is 6.61 Å². The quantitative estimate of drug-likeness (QED) is 0.513. The molecule has 1 atom stereocenters. The first-order valence-corrected chi connectivity index (χ1v) is 11.7. The standard InChI is InChI=1S/C25H27N3O2S/c1-15(2)10-11-30-19-7-5-17(6-8-19)13-18(14-26)23-27-24(29)22-20-9-4-16(3)12-21(20)31-25(22)28-23/h5-8,13,15-16H,4,9-12H2,1-3H3,(H,27,28,29)/b18-13-/t16-/m0/s1. The highest BCUT2D eigenvalue weighted by Crippen LogP contribution is 2.36. The minimum Gasteiger partial charge on any atom is -0.494 e. The summed E-state index contributed by atoms with van der Waals surface area (Å²) < 4.78 is 5.75. The maximum atomic E-state index is 12.8. The molecular formula is C25H27N3O2S. The predicted octanol–water partition coefficient (Wildman–Crippen LogP) is 5.60. The van der Waals surface area contributed by atoms with Crippen LogP contribution in [0.1, 0.15) is 55.4 Å². The average Bonchev–Trinajstić information content (AvgIpc) is 3.10. The fourth-order valence-corrected chi connectivity index (χ4v) is 5.25. The van der Waals surface area contributed by atoms with Crippen molar-refractivity contribution in [3.05, 3.63) is 56.4 Å². The molecule has 1 N–H and O–H groups in total. The second-order valence-corrected chi connectivity index (χ2v) is 9.80.